The predicted octanol–water partition coefficient (Wildman–Crippen LogP) is 1.83. The molecular formula is C14H18N4O4. The fourth-order valence-electron chi connectivity index (χ4n) is 1.77. The van der Waals surface area contributed by atoms with Crippen LogP contribution in [0.5, 0.6) is 0 Å². The lowest BCUT2D eigenvalue weighted by molar-refractivity contribution is -0.137. The molecule has 1 aromatic heterocycles. The van der Waals surface area contributed by atoms with Crippen LogP contribution in [0.25, 0.3) is 11.1 Å². The predicted molar refractivity (Wildman–Crippen MR) is 82.2 cm³/mol. The second kappa shape index (κ2) is 6.33. The third-order valence-corrected chi connectivity index (χ3v) is 3.02. The zero-order valence-corrected chi connectivity index (χ0v) is 12.7. The van der Waals surface area contributed by atoms with E-state index in [0.717, 1.165) is 0 Å². The monoisotopic (exact) mass is 306 g/mol. The molecule has 0 spiro atoms. The van der Waals surface area contributed by atoms with Gasteiger partial charge in [0.25, 0.3) is 6.01 Å². The molecule has 0 aliphatic rings. The second-order valence-electron chi connectivity index (χ2n) is 5.07. The zero-order chi connectivity index (χ0) is 16.3. The molecule has 118 valence electrons. The average molecular weight is 306 g/mol. The fourth-order valence-corrected chi connectivity index (χ4v) is 1.77. The molecule has 0 fully saturated rings. The summed E-state index contributed by atoms with van der Waals surface area (Å²) in [4.78, 5) is 29.8. The molecule has 8 heteroatoms. The Labute approximate surface area is 127 Å². The van der Waals surface area contributed by atoms with Gasteiger partial charge in [-0.25, -0.2) is 4.79 Å². The molecule has 2 aromatic rings. The van der Waals surface area contributed by atoms with Crippen molar-refractivity contribution in [3.05, 3.63) is 18.2 Å². The molecule has 0 atom stereocenters. The van der Waals surface area contributed by atoms with Crippen LogP contribution in [0.1, 0.15) is 6.42 Å². The molecule has 22 heavy (non-hydrogen) atoms. The van der Waals surface area contributed by atoms with Gasteiger partial charge < -0.3 is 24.6 Å². The Bertz CT molecular complexity index is 695. The molecule has 2 N–H and O–H groups in total. The first-order chi connectivity index (χ1) is 10.4. The van der Waals surface area contributed by atoms with E-state index in [4.69, 9.17) is 9.52 Å². The topological polar surface area (TPSA) is 98.9 Å². The highest BCUT2D eigenvalue weighted by Crippen LogP contribution is 2.23. The van der Waals surface area contributed by atoms with Gasteiger partial charge in [0, 0.05) is 33.4 Å². The van der Waals surface area contributed by atoms with E-state index in [0.29, 0.717) is 22.8 Å². The number of urea groups is 1. The molecule has 0 bridgehead atoms. The van der Waals surface area contributed by atoms with Crippen LogP contribution in [-0.2, 0) is 4.79 Å². The minimum Gasteiger partial charge on any atom is -0.481 e. The number of rotatable bonds is 5. The van der Waals surface area contributed by atoms with Gasteiger partial charge in [0.15, 0.2) is 5.58 Å². The fraction of sp³-hybridized carbons (Fsp3) is 0.357. The van der Waals surface area contributed by atoms with Crippen molar-refractivity contribution < 1.29 is 19.1 Å². The lowest BCUT2D eigenvalue weighted by Gasteiger charge is -2.16. The molecule has 2 rings (SSSR count). The molecule has 0 aliphatic carbocycles. The number of carboxylic acid groups (broad SMARTS) is 1. The molecule has 2 amide bonds. The first-order valence-electron chi connectivity index (χ1n) is 6.68. The molecular weight excluding hydrogens is 288 g/mol. The number of nitrogens with zero attached hydrogens (tertiary/aromatic N) is 3. The molecule has 0 unspecified atom stereocenters. The van der Waals surface area contributed by atoms with Crippen molar-refractivity contribution in [3.63, 3.8) is 0 Å². The van der Waals surface area contributed by atoms with Crippen molar-refractivity contribution in [2.45, 2.75) is 6.42 Å². The Morgan fingerprint density at radius 1 is 1.32 bits per heavy atom. The van der Waals surface area contributed by atoms with Crippen molar-refractivity contribution in [3.8, 4) is 0 Å². The molecule has 0 radical (unpaired) electrons. The van der Waals surface area contributed by atoms with Crippen LogP contribution in [0, 0.1) is 0 Å². The number of hydrogen-bond acceptors (Lipinski definition) is 5. The van der Waals surface area contributed by atoms with Crippen LogP contribution in [0.15, 0.2) is 22.6 Å². The number of hydrogen-bond donors (Lipinski definition) is 2. The van der Waals surface area contributed by atoms with E-state index in [-0.39, 0.29) is 19.0 Å². The van der Waals surface area contributed by atoms with Crippen LogP contribution >= 0.6 is 0 Å². The van der Waals surface area contributed by atoms with Gasteiger partial charge in [-0.05, 0) is 18.2 Å². The molecule has 0 saturated carbocycles. The van der Waals surface area contributed by atoms with Crippen molar-refractivity contribution in [2.75, 3.05) is 37.9 Å². The Hall–Kier alpha value is -2.77. The van der Waals surface area contributed by atoms with Gasteiger partial charge in [0.1, 0.15) is 5.52 Å². The maximum Gasteiger partial charge on any atom is 0.321 e. The summed E-state index contributed by atoms with van der Waals surface area (Å²) in [5, 5.41) is 11.3. The smallest absolute Gasteiger partial charge is 0.321 e. The number of carbonyl (C=O) groups is 2. The van der Waals surface area contributed by atoms with Crippen molar-refractivity contribution in [1.29, 1.82) is 0 Å². The second-order valence-corrected chi connectivity index (χ2v) is 5.07. The van der Waals surface area contributed by atoms with Crippen molar-refractivity contribution in [2.24, 2.45) is 0 Å². The number of carboxylic acids is 1. The van der Waals surface area contributed by atoms with E-state index in [1.807, 2.05) is 14.1 Å². The largest absolute Gasteiger partial charge is 0.481 e. The highest BCUT2D eigenvalue weighted by molar-refractivity contribution is 5.91. The number of fused-ring (bicyclic) bond motifs is 1. The third-order valence-electron chi connectivity index (χ3n) is 3.02. The lowest BCUT2D eigenvalue weighted by atomic mass is 10.3. The Morgan fingerprint density at radius 2 is 2.05 bits per heavy atom. The summed E-state index contributed by atoms with van der Waals surface area (Å²) < 4.78 is 5.53. The van der Waals surface area contributed by atoms with E-state index >= 15 is 0 Å². The van der Waals surface area contributed by atoms with Crippen LogP contribution in [0.2, 0.25) is 0 Å². The number of aliphatic carboxylic acids is 1. The first-order valence-corrected chi connectivity index (χ1v) is 6.68. The SMILES string of the molecule is CN(CCC(=O)O)C(=O)Nc1ccc2oc(N(C)C)nc2c1. The normalized spacial score (nSPS) is 10.5. The number of carbonyl (C=O) groups excluding carboxylic acids is 1. The summed E-state index contributed by atoms with van der Waals surface area (Å²) in [6, 6.07) is 5.24. The van der Waals surface area contributed by atoms with Crippen LogP contribution < -0.4 is 10.2 Å². The number of benzene rings is 1. The van der Waals surface area contributed by atoms with Gasteiger partial charge in [-0.2, -0.15) is 4.98 Å². The molecule has 1 aromatic carbocycles. The number of oxazole rings is 1. The van der Waals surface area contributed by atoms with E-state index in [1.54, 1.807) is 23.1 Å². The number of amides is 2. The van der Waals surface area contributed by atoms with Gasteiger partial charge >= 0.3 is 12.0 Å². The van der Waals surface area contributed by atoms with Crippen LogP contribution in [0.3, 0.4) is 0 Å². The van der Waals surface area contributed by atoms with E-state index < -0.39 is 5.97 Å². The minimum atomic E-state index is -0.945. The summed E-state index contributed by atoms with van der Waals surface area (Å²) in [6.45, 7) is 0.137. The van der Waals surface area contributed by atoms with Gasteiger partial charge in [-0.15, -0.1) is 0 Å². The van der Waals surface area contributed by atoms with Gasteiger partial charge in [-0.3, -0.25) is 4.79 Å². The zero-order valence-electron chi connectivity index (χ0n) is 12.7. The first kappa shape index (κ1) is 15.6. The molecule has 0 saturated heterocycles. The van der Waals surface area contributed by atoms with Crippen molar-refractivity contribution >= 4 is 34.8 Å². The summed E-state index contributed by atoms with van der Waals surface area (Å²) in [7, 11) is 5.19. The van der Waals surface area contributed by atoms with Crippen LogP contribution in [0.4, 0.5) is 16.5 Å². The van der Waals surface area contributed by atoms with Gasteiger partial charge in [0.2, 0.25) is 0 Å². The minimum absolute atomic E-state index is 0.0988. The Kier molecular flexibility index (Phi) is 4.50. The lowest BCUT2D eigenvalue weighted by Crippen LogP contribution is -2.33. The molecule has 0 aliphatic heterocycles. The number of nitrogens with one attached hydrogen (secondary N) is 1. The molecule has 1 heterocycles. The van der Waals surface area contributed by atoms with Crippen molar-refractivity contribution in [1.82, 2.24) is 9.88 Å². The van der Waals surface area contributed by atoms with Crippen LogP contribution in [-0.4, -0.2) is 54.7 Å². The maximum absolute atomic E-state index is 11.9. The average Bonchev–Trinajstić information content (AvgIpc) is 2.88. The quantitative estimate of drug-likeness (QED) is 0.874. The highest BCUT2D eigenvalue weighted by Gasteiger charge is 2.12. The van der Waals surface area contributed by atoms with E-state index in [2.05, 4.69) is 10.3 Å². The van der Waals surface area contributed by atoms with Gasteiger partial charge in [-0.1, -0.05) is 0 Å². The summed E-state index contributed by atoms with van der Waals surface area (Å²) in [6.07, 6.45) is -0.0988. The molecule has 8 nitrogen and oxygen atoms in total. The van der Waals surface area contributed by atoms with E-state index in [1.165, 1.54) is 11.9 Å². The Morgan fingerprint density at radius 3 is 2.68 bits per heavy atom. The summed E-state index contributed by atoms with van der Waals surface area (Å²) in [5.41, 5.74) is 1.83. The van der Waals surface area contributed by atoms with Gasteiger partial charge in [0.05, 0.1) is 6.42 Å². The summed E-state index contributed by atoms with van der Waals surface area (Å²) >= 11 is 0. The maximum atomic E-state index is 11.9. The summed E-state index contributed by atoms with van der Waals surface area (Å²) in [5.74, 6) is -0.945. The highest BCUT2D eigenvalue weighted by atomic mass is 16.4. The standard InChI is InChI=1S/C14H18N4O4/c1-17(2)14-16-10-8-9(4-5-11(10)22-14)15-13(21)18(3)7-6-12(19)20/h4-5,8H,6-7H2,1-3H3,(H,15,21)(H,19,20). The number of anilines is 2. The Balaban J connectivity index is 2.07. The third kappa shape index (κ3) is 3.66. The van der Waals surface area contributed by atoms with E-state index in [9.17, 15) is 9.59 Å². The number of aromatic nitrogens is 1.